The third-order valence-electron chi connectivity index (χ3n) is 6.33. The minimum Gasteiger partial charge on any atom is -0.491 e. The van der Waals surface area contributed by atoms with E-state index in [1.165, 1.54) is 15.0 Å². The minimum absolute atomic E-state index is 0.305. The maximum atomic E-state index is 10.6. The van der Waals surface area contributed by atoms with Crippen molar-refractivity contribution >= 4 is 43.9 Å². The van der Waals surface area contributed by atoms with Gasteiger partial charge in [0.15, 0.2) is 0 Å². The second-order valence-electron chi connectivity index (χ2n) is 8.59. The molecule has 31 heavy (non-hydrogen) atoms. The molecule has 5 rings (SSSR count). The predicted molar refractivity (Wildman–Crippen MR) is 130 cm³/mol. The molecule has 4 nitrogen and oxygen atoms in total. The third-order valence-corrected chi connectivity index (χ3v) is 7.84. The van der Waals surface area contributed by atoms with Crippen LogP contribution in [0.2, 0.25) is 5.02 Å². The summed E-state index contributed by atoms with van der Waals surface area (Å²) in [7, 11) is 0. The zero-order valence-electron chi connectivity index (χ0n) is 17.6. The molecule has 3 heterocycles. The maximum absolute atomic E-state index is 10.6. The van der Waals surface area contributed by atoms with Gasteiger partial charge < -0.3 is 14.8 Å². The van der Waals surface area contributed by atoms with Crippen LogP contribution in [0.25, 0.3) is 21.0 Å². The molecule has 162 valence electrons. The van der Waals surface area contributed by atoms with Gasteiger partial charge in [-0.15, -0.1) is 11.3 Å². The lowest BCUT2D eigenvalue weighted by Gasteiger charge is -2.38. The second kappa shape index (κ2) is 8.83. The number of aliphatic hydroxyl groups is 1. The van der Waals surface area contributed by atoms with Gasteiger partial charge in [-0.3, -0.25) is 4.90 Å². The summed E-state index contributed by atoms with van der Waals surface area (Å²) in [6, 6.07) is 16.9. The zero-order valence-corrected chi connectivity index (χ0v) is 19.1. The SMILES string of the molecule is C[C@H]1C[C@H](c2cc3cc(Cl)ccc3s2)CCN1C[C@H](O)COc1ccc2[nH]ccc2c1. The van der Waals surface area contributed by atoms with Gasteiger partial charge in [0.2, 0.25) is 0 Å². The summed E-state index contributed by atoms with van der Waals surface area (Å²) in [6.45, 7) is 4.21. The smallest absolute Gasteiger partial charge is 0.120 e. The molecule has 1 saturated heterocycles. The lowest BCUT2D eigenvalue weighted by atomic mass is 9.90. The fourth-order valence-corrected chi connectivity index (χ4v) is 6.00. The monoisotopic (exact) mass is 454 g/mol. The molecule has 4 aromatic rings. The number of nitrogens with zero attached hydrogens (tertiary/aromatic N) is 1. The number of fused-ring (bicyclic) bond motifs is 2. The maximum Gasteiger partial charge on any atom is 0.120 e. The molecule has 3 atom stereocenters. The van der Waals surface area contributed by atoms with Crippen molar-refractivity contribution in [2.24, 2.45) is 0 Å². The van der Waals surface area contributed by atoms with E-state index < -0.39 is 6.10 Å². The second-order valence-corrected chi connectivity index (χ2v) is 10.1. The molecule has 0 amide bonds. The summed E-state index contributed by atoms with van der Waals surface area (Å²) >= 11 is 8.04. The van der Waals surface area contributed by atoms with Crippen molar-refractivity contribution in [1.29, 1.82) is 0 Å². The number of nitrogens with one attached hydrogen (secondary N) is 1. The first-order chi connectivity index (χ1) is 15.0. The molecule has 1 aliphatic rings. The number of aromatic amines is 1. The Morgan fingerprint density at radius 2 is 2.10 bits per heavy atom. The molecule has 2 aromatic heterocycles. The fraction of sp³-hybridized carbons (Fsp3) is 0.360. The van der Waals surface area contributed by atoms with Crippen LogP contribution in [0.4, 0.5) is 0 Å². The average Bonchev–Trinajstić information content (AvgIpc) is 3.39. The average molecular weight is 455 g/mol. The van der Waals surface area contributed by atoms with E-state index in [4.69, 9.17) is 16.3 Å². The Bertz CT molecular complexity index is 1190. The van der Waals surface area contributed by atoms with Crippen molar-refractivity contribution in [3.8, 4) is 5.75 Å². The summed E-state index contributed by atoms with van der Waals surface area (Å²) in [4.78, 5) is 7.02. The number of ether oxygens (including phenoxy) is 1. The van der Waals surface area contributed by atoms with Gasteiger partial charge >= 0.3 is 0 Å². The first-order valence-corrected chi connectivity index (χ1v) is 12.1. The largest absolute Gasteiger partial charge is 0.491 e. The van der Waals surface area contributed by atoms with Crippen molar-refractivity contribution in [2.45, 2.75) is 37.8 Å². The van der Waals surface area contributed by atoms with Crippen LogP contribution in [-0.2, 0) is 0 Å². The molecule has 0 spiro atoms. The van der Waals surface area contributed by atoms with Gasteiger partial charge in [0, 0.05) is 44.3 Å². The number of β-amino-alcohol motifs (C(OH)–C–C–N with tert-alkyl or cyclic N) is 1. The molecule has 0 saturated carbocycles. The Morgan fingerprint density at radius 3 is 2.97 bits per heavy atom. The molecule has 0 bridgehead atoms. The molecule has 2 N–H and O–H groups in total. The van der Waals surface area contributed by atoms with E-state index in [9.17, 15) is 5.11 Å². The number of likely N-dealkylation sites (tertiary alicyclic amines) is 1. The van der Waals surface area contributed by atoms with Crippen molar-refractivity contribution in [3.63, 3.8) is 0 Å². The number of rotatable bonds is 6. The van der Waals surface area contributed by atoms with Gasteiger partial charge in [-0.25, -0.2) is 0 Å². The van der Waals surface area contributed by atoms with Crippen LogP contribution in [-0.4, -0.2) is 46.8 Å². The third kappa shape index (κ3) is 4.60. The highest BCUT2D eigenvalue weighted by Crippen LogP contribution is 2.38. The summed E-state index contributed by atoms with van der Waals surface area (Å²) in [6.07, 6.45) is 3.63. The Hall–Kier alpha value is -2.05. The lowest BCUT2D eigenvalue weighted by Crippen LogP contribution is -2.45. The molecular formula is C25H27ClN2O2S. The van der Waals surface area contributed by atoms with Gasteiger partial charge in [-0.2, -0.15) is 0 Å². The standard InChI is InChI=1S/C25H27ClN2O2S/c1-16-10-18(25-13-19-11-20(26)2-5-24(19)31-25)7-9-28(16)14-21(29)15-30-22-3-4-23-17(12-22)6-8-27-23/h2-6,8,11-13,16,18,21,27,29H,7,9-10,14-15H2,1H3/t16-,18+,21-/m0/s1. The molecule has 0 unspecified atom stereocenters. The molecule has 1 fully saturated rings. The van der Waals surface area contributed by atoms with E-state index in [1.807, 2.05) is 47.9 Å². The topological polar surface area (TPSA) is 48.5 Å². The van der Waals surface area contributed by atoms with Crippen LogP contribution in [0.3, 0.4) is 0 Å². The highest BCUT2D eigenvalue weighted by molar-refractivity contribution is 7.19. The van der Waals surface area contributed by atoms with E-state index in [-0.39, 0.29) is 0 Å². The normalized spacial score (nSPS) is 21.0. The van der Waals surface area contributed by atoms with E-state index in [1.54, 1.807) is 0 Å². The number of halogens is 1. The molecule has 2 aromatic carbocycles. The number of aliphatic hydroxyl groups excluding tert-OH is 1. The summed E-state index contributed by atoms with van der Waals surface area (Å²) in [5, 5.41) is 13.7. The van der Waals surface area contributed by atoms with Crippen LogP contribution in [0.1, 0.15) is 30.6 Å². The molecule has 0 aliphatic carbocycles. The van der Waals surface area contributed by atoms with Crippen LogP contribution in [0.5, 0.6) is 5.75 Å². The van der Waals surface area contributed by atoms with Crippen LogP contribution < -0.4 is 4.74 Å². The summed E-state index contributed by atoms with van der Waals surface area (Å²) in [5.41, 5.74) is 1.09. The van der Waals surface area contributed by atoms with Crippen molar-refractivity contribution < 1.29 is 9.84 Å². The van der Waals surface area contributed by atoms with Gasteiger partial charge in [0.05, 0.1) is 0 Å². The molecule has 6 heteroatoms. The van der Waals surface area contributed by atoms with Crippen molar-refractivity contribution in [2.75, 3.05) is 19.7 Å². The van der Waals surface area contributed by atoms with Crippen LogP contribution >= 0.6 is 22.9 Å². The Morgan fingerprint density at radius 1 is 1.19 bits per heavy atom. The van der Waals surface area contributed by atoms with Crippen LogP contribution in [0.15, 0.2) is 54.7 Å². The van der Waals surface area contributed by atoms with Gasteiger partial charge in [0.1, 0.15) is 18.5 Å². The highest BCUT2D eigenvalue weighted by Gasteiger charge is 2.28. The van der Waals surface area contributed by atoms with Crippen LogP contribution in [0, 0.1) is 0 Å². The number of thiophene rings is 1. The fourth-order valence-electron chi connectivity index (χ4n) is 4.62. The molecule has 0 radical (unpaired) electrons. The summed E-state index contributed by atoms with van der Waals surface area (Å²) in [5.74, 6) is 1.37. The first kappa shape index (κ1) is 20.8. The number of aromatic nitrogens is 1. The van der Waals surface area contributed by atoms with E-state index in [0.29, 0.717) is 25.1 Å². The quantitative estimate of drug-likeness (QED) is 0.373. The Balaban J connectivity index is 1.15. The lowest BCUT2D eigenvalue weighted by molar-refractivity contribution is 0.0404. The number of hydrogen-bond acceptors (Lipinski definition) is 4. The van der Waals surface area contributed by atoms with Crippen molar-refractivity contribution in [3.05, 3.63) is 64.6 Å². The van der Waals surface area contributed by atoms with E-state index >= 15 is 0 Å². The van der Waals surface area contributed by atoms with Gasteiger partial charge in [-0.05, 0) is 86.1 Å². The first-order valence-electron chi connectivity index (χ1n) is 10.9. The zero-order chi connectivity index (χ0) is 21.4. The van der Waals surface area contributed by atoms with Gasteiger partial charge in [-0.1, -0.05) is 11.6 Å². The minimum atomic E-state index is -0.507. The Kier molecular flexibility index (Phi) is 5.93. The summed E-state index contributed by atoms with van der Waals surface area (Å²) < 4.78 is 7.16. The number of H-pyrrole nitrogens is 1. The van der Waals surface area contributed by atoms with Crippen molar-refractivity contribution in [1.82, 2.24) is 9.88 Å². The molecular weight excluding hydrogens is 428 g/mol. The van der Waals surface area contributed by atoms with Gasteiger partial charge in [0.25, 0.3) is 0 Å². The number of benzene rings is 2. The predicted octanol–water partition coefficient (Wildman–Crippen LogP) is 6.04. The van der Waals surface area contributed by atoms with E-state index in [2.05, 4.69) is 35.0 Å². The van der Waals surface area contributed by atoms with E-state index in [0.717, 1.165) is 41.1 Å². The number of piperidine rings is 1. The highest BCUT2D eigenvalue weighted by atomic mass is 35.5. The molecule has 1 aliphatic heterocycles. The Labute approximate surface area is 191 Å². The number of hydrogen-bond donors (Lipinski definition) is 2.